The van der Waals surface area contributed by atoms with Gasteiger partial charge in [-0.15, -0.1) is 0 Å². The molecule has 0 saturated heterocycles. The Bertz CT molecular complexity index is 417. The minimum absolute atomic E-state index is 0.0751. The number of carbonyl (C=O) groups excluding carboxylic acids is 1. The smallest absolute Gasteiger partial charge is 0.207 e. The first-order valence-corrected chi connectivity index (χ1v) is 6.24. The van der Waals surface area contributed by atoms with Crippen LogP contribution in [0.5, 0.6) is 0 Å². The van der Waals surface area contributed by atoms with Crippen molar-refractivity contribution in [2.24, 2.45) is 0 Å². The SMILES string of the molecule is CCC(CNC=O)c1cc2c(cc1F)CCC2. The third kappa shape index (κ3) is 2.48. The van der Waals surface area contributed by atoms with Gasteiger partial charge in [-0.3, -0.25) is 4.79 Å². The highest BCUT2D eigenvalue weighted by molar-refractivity contribution is 5.46. The van der Waals surface area contributed by atoms with Crippen LogP contribution < -0.4 is 5.32 Å². The highest BCUT2D eigenvalue weighted by atomic mass is 19.1. The number of halogens is 1. The second-order valence-electron chi connectivity index (χ2n) is 4.63. The van der Waals surface area contributed by atoms with E-state index < -0.39 is 0 Å². The zero-order chi connectivity index (χ0) is 12.3. The summed E-state index contributed by atoms with van der Waals surface area (Å²) in [6.07, 6.45) is 4.68. The van der Waals surface area contributed by atoms with Gasteiger partial charge in [-0.1, -0.05) is 13.0 Å². The molecule has 1 unspecified atom stereocenters. The van der Waals surface area contributed by atoms with E-state index in [1.807, 2.05) is 13.0 Å². The van der Waals surface area contributed by atoms with Gasteiger partial charge in [-0.05, 0) is 48.4 Å². The standard InChI is InChI=1S/C14H18FNO/c1-2-10(8-16-9-17)13-6-11-4-3-5-12(11)7-14(13)15/h6-7,9-10H,2-5,8H2,1H3,(H,16,17). The minimum Gasteiger partial charge on any atom is -0.358 e. The number of rotatable bonds is 5. The van der Waals surface area contributed by atoms with Crippen LogP contribution in [0.3, 0.4) is 0 Å². The predicted octanol–water partition coefficient (Wildman–Crippen LogP) is 2.55. The van der Waals surface area contributed by atoms with Crippen molar-refractivity contribution in [3.63, 3.8) is 0 Å². The molecule has 2 rings (SSSR count). The van der Waals surface area contributed by atoms with Gasteiger partial charge >= 0.3 is 0 Å². The average Bonchev–Trinajstić information content (AvgIpc) is 2.77. The molecule has 1 aliphatic carbocycles. The van der Waals surface area contributed by atoms with Gasteiger partial charge in [0.25, 0.3) is 0 Å². The molecular weight excluding hydrogens is 217 g/mol. The van der Waals surface area contributed by atoms with E-state index in [0.717, 1.165) is 36.8 Å². The van der Waals surface area contributed by atoms with Crippen molar-refractivity contribution in [2.45, 2.75) is 38.5 Å². The number of hydrogen-bond donors (Lipinski definition) is 1. The van der Waals surface area contributed by atoms with Crippen LogP contribution in [0.1, 0.15) is 42.4 Å². The van der Waals surface area contributed by atoms with Crippen molar-refractivity contribution in [3.05, 3.63) is 34.6 Å². The van der Waals surface area contributed by atoms with Crippen LogP contribution in [0.2, 0.25) is 0 Å². The number of amides is 1. The van der Waals surface area contributed by atoms with E-state index >= 15 is 0 Å². The van der Waals surface area contributed by atoms with E-state index in [-0.39, 0.29) is 11.7 Å². The normalized spacial score (nSPS) is 15.4. The van der Waals surface area contributed by atoms with Gasteiger partial charge < -0.3 is 5.32 Å². The average molecular weight is 235 g/mol. The summed E-state index contributed by atoms with van der Waals surface area (Å²) >= 11 is 0. The number of aryl methyl sites for hydroxylation is 2. The van der Waals surface area contributed by atoms with Crippen molar-refractivity contribution >= 4 is 6.41 Å². The summed E-state index contributed by atoms with van der Waals surface area (Å²) in [6, 6.07) is 3.68. The molecule has 0 radical (unpaired) electrons. The molecule has 0 heterocycles. The Morgan fingerprint density at radius 3 is 2.76 bits per heavy atom. The van der Waals surface area contributed by atoms with Crippen LogP contribution in [-0.2, 0) is 17.6 Å². The van der Waals surface area contributed by atoms with Crippen molar-refractivity contribution in [3.8, 4) is 0 Å². The molecule has 1 amide bonds. The maximum Gasteiger partial charge on any atom is 0.207 e. The zero-order valence-corrected chi connectivity index (χ0v) is 10.1. The van der Waals surface area contributed by atoms with Gasteiger partial charge in [-0.2, -0.15) is 0 Å². The minimum atomic E-state index is -0.120. The maximum absolute atomic E-state index is 14.0. The second kappa shape index (κ2) is 5.30. The Morgan fingerprint density at radius 2 is 2.12 bits per heavy atom. The third-order valence-electron chi connectivity index (χ3n) is 3.59. The molecule has 2 nitrogen and oxygen atoms in total. The van der Waals surface area contributed by atoms with Gasteiger partial charge in [0.15, 0.2) is 0 Å². The molecule has 0 aliphatic heterocycles. The Kier molecular flexibility index (Phi) is 3.77. The lowest BCUT2D eigenvalue weighted by molar-refractivity contribution is -0.109. The van der Waals surface area contributed by atoms with E-state index in [1.54, 1.807) is 6.07 Å². The largest absolute Gasteiger partial charge is 0.358 e. The molecule has 0 aromatic heterocycles. The van der Waals surface area contributed by atoms with Gasteiger partial charge in [0.1, 0.15) is 5.82 Å². The van der Waals surface area contributed by atoms with Gasteiger partial charge in [0, 0.05) is 12.5 Å². The molecule has 92 valence electrons. The molecular formula is C14H18FNO. The monoisotopic (exact) mass is 235 g/mol. The van der Waals surface area contributed by atoms with Crippen molar-refractivity contribution in [1.29, 1.82) is 0 Å². The molecule has 3 heteroatoms. The Labute approximate surface area is 101 Å². The summed E-state index contributed by atoms with van der Waals surface area (Å²) in [4.78, 5) is 10.3. The van der Waals surface area contributed by atoms with Crippen LogP contribution in [0.15, 0.2) is 12.1 Å². The summed E-state index contributed by atoms with van der Waals surface area (Å²) in [5.41, 5.74) is 3.19. The first-order chi connectivity index (χ1) is 8.26. The quantitative estimate of drug-likeness (QED) is 0.781. The highest BCUT2D eigenvalue weighted by Gasteiger charge is 2.19. The van der Waals surface area contributed by atoms with Crippen LogP contribution >= 0.6 is 0 Å². The fraction of sp³-hybridized carbons (Fsp3) is 0.500. The summed E-state index contributed by atoms with van der Waals surface area (Å²) in [7, 11) is 0. The van der Waals surface area contributed by atoms with E-state index in [1.165, 1.54) is 5.56 Å². The maximum atomic E-state index is 14.0. The van der Waals surface area contributed by atoms with Crippen LogP contribution in [0, 0.1) is 5.82 Å². The summed E-state index contributed by atoms with van der Waals surface area (Å²) in [6.45, 7) is 2.53. The first-order valence-electron chi connectivity index (χ1n) is 6.24. The number of carbonyl (C=O) groups is 1. The predicted molar refractivity (Wildman–Crippen MR) is 65.5 cm³/mol. The topological polar surface area (TPSA) is 29.1 Å². The molecule has 1 aromatic rings. The number of fused-ring (bicyclic) bond motifs is 1. The molecule has 1 aromatic carbocycles. The van der Waals surface area contributed by atoms with Crippen LogP contribution in [-0.4, -0.2) is 13.0 Å². The lowest BCUT2D eigenvalue weighted by Gasteiger charge is -2.17. The fourth-order valence-electron chi connectivity index (χ4n) is 2.59. The van der Waals surface area contributed by atoms with E-state index in [9.17, 15) is 9.18 Å². The highest BCUT2D eigenvalue weighted by Crippen LogP contribution is 2.29. The second-order valence-corrected chi connectivity index (χ2v) is 4.63. The van der Waals surface area contributed by atoms with Crippen molar-refractivity contribution < 1.29 is 9.18 Å². The molecule has 1 atom stereocenters. The lowest BCUT2D eigenvalue weighted by Crippen LogP contribution is -2.20. The van der Waals surface area contributed by atoms with E-state index in [4.69, 9.17) is 0 Å². The van der Waals surface area contributed by atoms with Crippen LogP contribution in [0.4, 0.5) is 4.39 Å². The van der Waals surface area contributed by atoms with E-state index in [2.05, 4.69) is 5.32 Å². The molecule has 1 N–H and O–H groups in total. The Morgan fingerprint density at radius 1 is 1.41 bits per heavy atom. The molecule has 1 aliphatic rings. The van der Waals surface area contributed by atoms with Gasteiger partial charge in [-0.25, -0.2) is 4.39 Å². The fourth-order valence-corrected chi connectivity index (χ4v) is 2.59. The van der Waals surface area contributed by atoms with Crippen molar-refractivity contribution in [2.75, 3.05) is 6.54 Å². The molecule has 0 bridgehead atoms. The number of benzene rings is 1. The zero-order valence-electron chi connectivity index (χ0n) is 10.1. The van der Waals surface area contributed by atoms with E-state index in [0.29, 0.717) is 13.0 Å². The number of hydrogen-bond acceptors (Lipinski definition) is 1. The summed E-state index contributed by atoms with van der Waals surface area (Å²) in [5, 5.41) is 2.65. The first kappa shape index (κ1) is 12.1. The summed E-state index contributed by atoms with van der Waals surface area (Å²) < 4.78 is 14.0. The number of nitrogens with one attached hydrogen (secondary N) is 1. The third-order valence-corrected chi connectivity index (χ3v) is 3.59. The van der Waals surface area contributed by atoms with Gasteiger partial charge in [0.05, 0.1) is 0 Å². The molecule has 0 fully saturated rings. The summed E-state index contributed by atoms with van der Waals surface area (Å²) in [5.74, 6) is -0.0451. The van der Waals surface area contributed by atoms with Crippen molar-refractivity contribution in [1.82, 2.24) is 5.32 Å². The van der Waals surface area contributed by atoms with Crippen LogP contribution in [0.25, 0.3) is 0 Å². The lowest BCUT2D eigenvalue weighted by atomic mass is 9.93. The Balaban J connectivity index is 2.26. The molecule has 0 saturated carbocycles. The Hall–Kier alpha value is -1.38. The molecule has 0 spiro atoms. The molecule has 17 heavy (non-hydrogen) atoms. The van der Waals surface area contributed by atoms with Gasteiger partial charge in [0.2, 0.25) is 6.41 Å².